The maximum absolute atomic E-state index is 13.0. The summed E-state index contributed by atoms with van der Waals surface area (Å²) in [5.41, 5.74) is 13.1. The SMILES string of the molecule is CC(C)C[C@H](NC(=O)[C@@H](N)Cc1cnc[nH]1)C(=O)N[C@@H](CC(N)=O)Cc1ccccc1. The second kappa shape index (κ2) is 11.8. The average molecular weight is 429 g/mol. The number of carbonyl (C=O) groups is 3. The van der Waals surface area contributed by atoms with Gasteiger partial charge >= 0.3 is 0 Å². The molecule has 31 heavy (non-hydrogen) atoms. The molecule has 0 saturated carbocycles. The van der Waals surface area contributed by atoms with E-state index in [2.05, 4.69) is 20.6 Å². The average Bonchev–Trinajstić information content (AvgIpc) is 3.20. The smallest absolute Gasteiger partial charge is 0.242 e. The Kier molecular flexibility index (Phi) is 9.20. The Morgan fingerprint density at radius 1 is 1.06 bits per heavy atom. The number of carbonyl (C=O) groups excluding carboxylic acids is 3. The van der Waals surface area contributed by atoms with Crippen molar-refractivity contribution < 1.29 is 14.4 Å². The number of nitrogens with one attached hydrogen (secondary N) is 3. The molecule has 9 heteroatoms. The molecule has 0 aliphatic rings. The van der Waals surface area contributed by atoms with E-state index in [0.29, 0.717) is 12.8 Å². The number of nitrogens with zero attached hydrogens (tertiary/aromatic N) is 1. The van der Waals surface area contributed by atoms with Crippen LogP contribution in [0.5, 0.6) is 0 Å². The molecule has 7 N–H and O–H groups in total. The molecule has 0 spiro atoms. The summed E-state index contributed by atoms with van der Waals surface area (Å²) in [5.74, 6) is -1.14. The Balaban J connectivity index is 2.04. The molecule has 1 heterocycles. The van der Waals surface area contributed by atoms with Crippen molar-refractivity contribution in [3.05, 3.63) is 54.1 Å². The van der Waals surface area contributed by atoms with Crippen molar-refractivity contribution in [3.63, 3.8) is 0 Å². The molecule has 9 nitrogen and oxygen atoms in total. The van der Waals surface area contributed by atoms with Crippen molar-refractivity contribution in [2.75, 3.05) is 0 Å². The molecule has 2 rings (SSSR count). The van der Waals surface area contributed by atoms with E-state index in [4.69, 9.17) is 11.5 Å². The standard InChI is InChI=1S/C22H32N6O3/c1-14(2)8-19(28-21(30)18(23)10-17-12-25-13-26-17)22(31)27-16(11-20(24)29)9-15-6-4-3-5-7-15/h3-7,12-14,16,18-19H,8-11,23H2,1-2H3,(H2,24,29)(H,25,26)(H,27,31)(H,28,30)/t16-,18+,19+/m1/s1. The van der Waals surface area contributed by atoms with E-state index >= 15 is 0 Å². The Labute approximate surface area is 182 Å². The van der Waals surface area contributed by atoms with E-state index in [1.165, 1.54) is 6.33 Å². The van der Waals surface area contributed by atoms with Gasteiger partial charge in [-0.25, -0.2) is 4.98 Å². The largest absolute Gasteiger partial charge is 0.370 e. The fourth-order valence-electron chi connectivity index (χ4n) is 3.33. The first-order valence-corrected chi connectivity index (χ1v) is 10.4. The third-order valence-electron chi connectivity index (χ3n) is 4.79. The van der Waals surface area contributed by atoms with E-state index in [1.54, 1.807) is 6.20 Å². The number of hydrogen-bond donors (Lipinski definition) is 5. The van der Waals surface area contributed by atoms with Crippen LogP contribution in [0, 0.1) is 5.92 Å². The zero-order valence-corrected chi connectivity index (χ0v) is 18.0. The number of rotatable bonds is 12. The minimum Gasteiger partial charge on any atom is -0.370 e. The normalized spacial score (nSPS) is 13.9. The molecule has 2 aromatic rings. The van der Waals surface area contributed by atoms with Crippen LogP contribution in [-0.2, 0) is 27.2 Å². The van der Waals surface area contributed by atoms with Gasteiger partial charge in [0.05, 0.1) is 12.4 Å². The van der Waals surface area contributed by atoms with Crippen LogP contribution in [0.3, 0.4) is 0 Å². The summed E-state index contributed by atoms with van der Waals surface area (Å²) in [5, 5.41) is 5.64. The Morgan fingerprint density at radius 2 is 1.77 bits per heavy atom. The molecule has 0 radical (unpaired) electrons. The second-order valence-corrected chi connectivity index (χ2v) is 8.14. The quantitative estimate of drug-likeness (QED) is 0.331. The lowest BCUT2D eigenvalue weighted by atomic mass is 9.99. The highest BCUT2D eigenvalue weighted by atomic mass is 16.2. The highest BCUT2D eigenvalue weighted by Crippen LogP contribution is 2.10. The molecule has 0 fully saturated rings. The van der Waals surface area contributed by atoms with E-state index < -0.39 is 29.9 Å². The van der Waals surface area contributed by atoms with Gasteiger partial charge in [-0.3, -0.25) is 14.4 Å². The first-order chi connectivity index (χ1) is 14.7. The maximum Gasteiger partial charge on any atom is 0.242 e. The highest BCUT2D eigenvalue weighted by Gasteiger charge is 2.27. The molecule has 0 aliphatic heterocycles. The molecule has 1 aromatic heterocycles. The van der Waals surface area contributed by atoms with Crippen LogP contribution in [0.1, 0.15) is 37.9 Å². The van der Waals surface area contributed by atoms with E-state index in [9.17, 15) is 14.4 Å². The van der Waals surface area contributed by atoms with Crippen molar-refractivity contribution in [2.24, 2.45) is 17.4 Å². The predicted molar refractivity (Wildman–Crippen MR) is 118 cm³/mol. The van der Waals surface area contributed by atoms with Crippen LogP contribution in [0.25, 0.3) is 0 Å². The molecule has 168 valence electrons. The molecular weight excluding hydrogens is 396 g/mol. The minimum absolute atomic E-state index is 0.00230. The van der Waals surface area contributed by atoms with Crippen LogP contribution < -0.4 is 22.1 Å². The summed E-state index contributed by atoms with van der Waals surface area (Å²) in [4.78, 5) is 43.9. The fourth-order valence-corrected chi connectivity index (χ4v) is 3.33. The van der Waals surface area contributed by atoms with Crippen LogP contribution in [-0.4, -0.2) is 45.8 Å². The van der Waals surface area contributed by atoms with E-state index in [-0.39, 0.29) is 24.7 Å². The van der Waals surface area contributed by atoms with Crippen molar-refractivity contribution in [3.8, 4) is 0 Å². The molecule has 0 saturated heterocycles. The molecule has 3 amide bonds. The van der Waals surface area contributed by atoms with Gasteiger partial charge in [0.1, 0.15) is 6.04 Å². The lowest BCUT2D eigenvalue weighted by Gasteiger charge is -2.25. The second-order valence-electron chi connectivity index (χ2n) is 8.14. The van der Waals surface area contributed by atoms with Gasteiger partial charge < -0.3 is 27.1 Å². The number of imidazole rings is 1. The molecule has 0 aliphatic carbocycles. The van der Waals surface area contributed by atoms with E-state index in [1.807, 2.05) is 44.2 Å². The number of H-pyrrole nitrogens is 1. The summed E-state index contributed by atoms with van der Waals surface area (Å²) in [7, 11) is 0. The van der Waals surface area contributed by atoms with Gasteiger partial charge in [0.2, 0.25) is 17.7 Å². The van der Waals surface area contributed by atoms with Gasteiger partial charge in [-0.05, 0) is 24.3 Å². The molecule has 3 atom stereocenters. The summed E-state index contributed by atoms with van der Waals surface area (Å²) < 4.78 is 0. The number of hydrogen-bond acceptors (Lipinski definition) is 5. The van der Waals surface area contributed by atoms with Crippen LogP contribution in [0.15, 0.2) is 42.9 Å². The fraction of sp³-hybridized carbons (Fsp3) is 0.455. The van der Waals surface area contributed by atoms with Crippen molar-refractivity contribution >= 4 is 17.7 Å². The lowest BCUT2D eigenvalue weighted by Crippen LogP contribution is -2.54. The summed E-state index contributed by atoms with van der Waals surface area (Å²) in [6.07, 6.45) is 4.28. The van der Waals surface area contributed by atoms with Gasteiger partial charge in [-0.15, -0.1) is 0 Å². The number of primary amides is 1. The topological polar surface area (TPSA) is 156 Å². The summed E-state index contributed by atoms with van der Waals surface area (Å²) in [6.45, 7) is 3.92. The minimum atomic E-state index is -0.825. The van der Waals surface area contributed by atoms with Gasteiger partial charge in [0.25, 0.3) is 0 Å². The predicted octanol–water partition coefficient (Wildman–Crippen LogP) is 0.413. The van der Waals surface area contributed by atoms with Gasteiger partial charge in [0.15, 0.2) is 0 Å². The van der Waals surface area contributed by atoms with Crippen LogP contribution >= 0.6 is 0 Å². The summed E-state index contributed by atoms with van der Waals surface area (Å²) >= 11 is 0. The molecule has 0 unspecified atom stereocenters. The Morgan fingerprint density at radius 3 is 2.35 bits per heavy atom. The number of nitrogens with two attached hydrogens (primary N) is 2. The number of aromatic nitrogens is 2. The zero-order chi connectivity index (χ0) is 22.8. The van der Waals surface area contributed by atoms with E-state index in [0.717, 1.165) is 11.3 Å². The number of aromatic amines is 1. The molecular formula is C22H32N6O3. The zero-order valence-electron chi connectivity index (χ0n) is 18.0. The Bertz CT molecular complexity index is 838. The van der Waals surface area contributed by atoms with Gasteiger partial charge in [0, 0.05) is 30.8 Å². The summed E-state index contributed by atoms with van der Waals surface area (Å²) in [6, 6.07) is 7.44. The lowest BCUT2D eigenvalue weighted by molar-refractivity contribution is -0.130. The maximum atomic E-state index is 13.0. The highest BCUT2D eigenvalue weighted by molar-refractivity contribution is 5.90. The molecule has 1 aromatic carbocycles. The number of benzene rings is 1. The first-order valence-electron chi connectivity index (χ1n) is 10.4. The first kappa shape index (κ1) is 24.1. The van der Waals surface area contributed by atoms with Crippen molar-refractivity contribution in [2.45, 2.75) is 57.7 Å². The van der Waals surface area contributed by atoms with Gasteiger partial charge in [-0.1, -0.05) is 44.2 Å². The third kappa shape index (κ3) is 8.59. The van der Waals surface area contributed by atoms with Crippen molar-refractivity contribution in [1.29, 1.82) is 0 Å². The monoisotopic (exact) mass is 428 g/mol. The third-order valence-corrected chi connectivity index (χ3v) is 4.79. The molecule has 0 bridgehead atoms. The van der Waals surface area contributed by atoms with Gasteiger partial charge in [-0.2, -0.15) is 0 Å². The number of amides is 3. The van der Waals surface area contributed by atoms with Crippen molar-refractivity contribution in [1.82, 2.24) is 20.6 Å². The van der Waals surface area contributed by atoms with Crippen LogP contribution in [0.4, 0.5) is 0 Å². The van der Waals surface area contributed by atoms with Crippen LogP contribution in [0.2, 0.25) is 0 Å². The Hall–Kier alpha value is -3.20.